The predicted molar refractivity (Wildman–Crippen MR) is 95.4 cm³/mol. The number of alkyl halides is 3. The number of benzene rings is 2. The van der Waals surface area contributed by atoms with Crippen molar-refractivity contribution in [1.82, 2.24) is 0 Å². The fourth-order valence-corrected chi connectivity index (χ4v) is 3.47. The molecule has 152 valence electrons. The first-order valence-corrected chi connectivity index (χ1v) is 8.74. The van der Waals surface area contributed by atoms with Crippen molar-refractivity contribution in [1.29, 1.82) is 0 Å². The largest absolute Gasteiger partial charge is 0.473 e. The first-order valence-electron chi connectivity index (χ1n) is 8.74. The summed E-state index contributed by atoms with van der Waals surface area (Å²) >= 11 is 0. The zero-order valence-electron chi connectivity index (χ0n) is 15.0. The molecule has 1 aliphatic rings. The molecular formula is C20H16F3NO5. The second-order valence-corrected chi connectivity index (χ2v) is 6.71. The zero-order valence-corrected chi connectivity index (χ0v) is 15.0. The van der Waals surface area contributed by atoms with Crippen LogP contribution in [0.1, 0.15) is 34.7 Å². The van der Waals surface area contributed by atoms with E-state index in [0.717, 1.165) is 0 Å². The maximum atomic E-state index is 13.4. The van der Waals surface area contributed by atoms with Gasteiger partial charge in [0.1, 0.15) is 11.5 Å². The van der Waals surface area contributed by atoms with E-state index in [2.05, 4.69) is 0 Å². The van der Waals surface area contributed by atoms with Gasteiger partial charge in [0.15, 0.2) is 5.78 Å². The second-order valence-electron chi connectivity index (χ2n) is 6.71. The van der Waals surface area contributed by atoms with Gasteiger partial charge in [-0.1, -0.05) is 48.5 Å². The molecule has 0 bridgehead atoms. The van der Waals surface area contributed by atoms with Crippen LogP contribution < -0.4 is 4.74 Å². The van der Waals surface area contributed by atoms with E-state index in [1.54, 1.807) is 18.2 Å². The van der Waals surface area contributed by atoms with Gasteiger partial charge < -0.3 is 4.74 Å². The van der Waals surface area contributed by atoms with Crippen LogP contribution >= 0.6 is 0 Å². The van der Waals surface area contributed by atoms with E-state index >= 15 is 0 Å². The Hall–Kier alpha value is -3.23. The number of para-hydroxylation sites is 1. The van der Waals surface area contributed by atoms with Gasteiger partial charge in [0.25, 0.3) is 12.1 Å². The van der Waals surface area contributed by atoms with Gasteiger partial charge in [-0.3, -0.25) is 19.7 Å². The van der Waals surface area contributed by atoms with Crippen LogP contribution in [-0.2, 0) is 4.79 Å². The van der Waals surface area contributed by atoms with Gasteiger partial charge in [-0.2, -0.15) is 13.2 Å². The molecule has 0 amide bonds. The van der Waals surface area contributed by atoms with Gasteiger partial charge in [-0.15, -0.1) is 0 Å². The molecule has 0 N–H and O–H groups in total. The summed E-state index contributed by atoms with van der Waals surface area (Å²) in [7, 11) is 0. The van der Waals surface area contributed by atoms with Crippen LogP contribution in [0.5, 0.6) is 5.75 Å². The molecule has 29 heavy (non-hydrogen) atoms. The molecule has 0 saturated carbocycles. The average molecular weight is 407 g/mol. The van der Waals surface area contributed by atoms with Gasteiger partial charge in [0.2, 0.25) is 0 Å². The Kier molecular flexibility index (Phi) is 5.67. The fraction of sp³-hybridized carbons (Fsp3) is 0.300. The normalized spacial score (nSPS) is 21.0. The third kappa shape index (κ3) is 4.44. The van der Waals surface area contributed by atoms with Gasteiger partial charge >= 0.3 is 6.18 Å². The lowest BCUT2D eigenvalue weighted by molar-refractivity contribution is -0.548. The van der Waals surface area contributed by atoms with Gasteiger partial charge in [0.05, 0.1) is 12.3 Å². The Bertz CT molecular complexity index is 929. The third-order valence-corrected chi connectivity index (χ3v) is 4.76. The molecule has 0 aliphatic carbocycles. The van der Waals surface area contributed by atoms with E-state index in [0.29, 0.717) is 0 Å². The Balaban J connectivity index is 1.89. The van der Waals surface area contributed by atoms with Crippen LogP contribution in [0.4, 0.5) is 13.2 Å². The van der Waals surface area contributed by atoms with E-state index in [4.69, 9.17) is 4.74 Å². The number of fused-ring (bicyclic) bond motifs is 1. The molecule has 3 atom stereocenters. The summed E-state index contributed by atoms with van der Waals surface area (Å²) in [5.74, 6) is -2.69. The quantitative estimate of drug-likeness (QED) is 0.313. The average Bonchev–Trinajstić information content (AvgIpc) is 2.67. The minimum Gasteiger partial charge on any atom is -0.473 e. The number of Topliss-reactive ketones (excluding diaryl/α,β-unsaturated/α-hetero) is 2. The molecule has 0 spiro atoms. The third-order valence-electron chi connectivity index (χ3n) is 4.76. The van der Waals surface area contributed by atoms with Crippen LogP contribution in [-0.4, -0.2) is 34.8 Å². The summed E-state index contributed by atoms with van der Waals surface area (Å²) in [6.45, 7) is 0. The number of ether oxygens (including phenoxy) is 1. The number of carbonyl (C=O) groups is 2. The van der Waals surface area contributed by atoms with Crippen LogP contribution in [0.15, 0.2) is 54.6 Å². The lowest BCUT2D eigenvalue weighted by Crippen LogP contribution is -2.53. The molecule has 1 heterocycles. The number of nitrogens with zero attached hydrogens (tertiary/aromatic N) is 1. The molecule has 0 radical (unpaired) electrons. The number of ketones is 2. The molecule has 3 rings (SSSR count). The van der Waals surface area contributed by atoms with Crippen molar-refractivity contribution in [2.24, 2.45) is 0 Å². The molecule has 0 fully saturated rings. The standard InChI is InChI=1S/C20H16F3NO5/c21-20(22,23)19-18(24(27)28)15(14-8-4-5-9-17(14)29-19)10-13(25)11-16(26)12-6-2-1-3-7-12/h1-9,15,18-19H,10-11H2/t15-,18+,19-/m1/s1. The summed E-state index contributed by atoms with van der Waals surface area (Å²) in [6.07, 6.45) is -8.80. The van der Waals surface area contributed by atoms with Crippen molar-refractivity contribution < 1.29 is 32.4 Å². The number of hydrogen-bond acceptors (Lipinski definition) is 5. The summed E-state index contributed by atoms with van der Waals surface area (Å²) in [5, 5.41) is 11.5. The summed E-state index contributed by atoms with van der Waals surface area (Å²) in [6, 6.07) is 11.4. The van der Waals surface area contributed by atoms with E-state index in [9.17, 15) is 32.9 Å². The number of hydrogen-bond donors (Lipinski definition) is 0. The van der Waals surface area contributed by atoms with Gasteiger partial charge in [-0.25, -0.2) is 0 Å². The van der Waals surface area contributed by atoms with Gasteiger partial charge in [0, 0.05) is 22.5 Å². The molecule has 2 aromatic carbocycles. The van der Waals surface area contributed by atoms with Crippen molar-refractivity contribution in [3.8, 4) is 5.75 Å². The number of rotatable bonds is 6. The number of carbonyl (C=O) groups excluding carboxylic acids is 2. The molecule has 0 aromatic heterocycles. The van der Waals surface area contributed by atoms with E-state index < -0.39 is 53.6 Å². The van der Waals surface area contributed by atoms with Crippen LogP contribution in [0.3, 0.4) is 0 Å². The molecule has 0 saturated heterocycles. The monoisotopic (exact) mass is 407 g/mol. The first-order chi connectivity index (χ1) is 13.7. The Morgan fingerprint density at radius 3 is 2.28 bits per heavy atom. The van der Waals surface area contributed by atoms with Crippen molar-refractivity contribution in [2.75, 3.05) is 0 Å². The van der Waals surface area contributed by atoms with E-state index in [-0.39, 0.29) is 16.9 Å². The molecule has 2 aromatic rings. The highest BCUT2D eigenvalue weighted by Crippen LogP contribution is 2.44. The molecule has 0 unspecified atom stereocenters. The van der Waals surface area contributed by atoms with Crippen LogP contribution in [0.25, 0.3) is 0 Å². The summed E-state index contributed by atoms with van der Waals surface area (Å²) < 4.78 is 45.1. The minimum atomic E-state index is -4.99. The molecule has 1 aliphatic heterocycles. The fourth-order valence-electron chi connectivity index (χ4n) is 3.47. The van der Waals surface area contributed by atoms with E-state index in [1.807, 2.05) is 0 Å². The SMILES string of the molecule is O=C(CC(=O)c1ccccc1)C[C@@H]1c2ccccc2O[C@@H](C(F)(F)F)[C@H]1[N+](=O)[O-]. The first kappa shape index (κ1) is 20.5. The highest BCUT2D eigenvalue weighted by Gasteiger charge is 2.59. The lowest BCUT2D eigenvalue weighted by Gasteiger charge is -2.35. The minimum absolute atomic E-state index is 0.148. The molecule has 6 nitrogen and oxygen atoms in total. The van der Waals surface area contributed by atoms with Crippen LogP contribution in [0, 0.1) is 10.1 Å². The molecular weight excluding hydrogens is 391 g/mol. The Labute approximate surface area is 163 Å². The van der Waals surface area contributed by atoms with Crippen molar-refractivity contribution >= 4 is 11.6 Å². The highest BCUT2D eigenvalue weighted by atomic mass is 19.4. The highest BCUT2D eigenvalue weighted by molar-refractivity contribution is 6.08. The Morgan fingerprint density at radius 2 is 1.66 bits per heavy atom. The van der Waals surface area contributed by atoms with Crippen molar-refractivity contribution in [3.63, 3.8) is 0 Å². The topological polar surface area (TPSA) is 86.5 Å². The summed E-state index contributed by atoms with van der Waals surface area (Å²) in [4.78, 5) is 35.1. The van der Waals surface area contributed by atoms with Crippen molar-refractivity contribution in [3.05, 3.63) is 75.8 Å². The maximum Gasteiger partial charge on any atom is 0.432 e. The Morgan fingerprint density at radius 1 is 1.03 bits per heavy atom. The maximum absolute atomic E-state index is 13.4. The summed E-state index contributed by atoms with van der Waals surface area (Å²) in [5.41, 5.74) is 0.433. The smallest absolute Gasteiger partial charge is 0.432 e. The van der Waals surface area contributed by atoms with Gasteiger partial charge in [-0.05, 0) is 6.07 Å². The lowest BCUT2D eigenvalue weighted by atomic mass is 9.81. The van der Waals surface area contributed by atoms with Crippen molar-refractivity contribution in [2.45, 2.75) is 37.1 Å². The van der Waals surface area contributed by atoms with Crippen LogP contribution in [0.2, 0.25) is 0 Å². The zero-order chi connectivity index (χ0) is 21.2. The second kappa shape index (κ2) is 8.02. The predicted octanol–water partition coefficient (Wildman–Crippen LogP) is 3.97. The number of halogens is 3. The molecule has 9 heteroatoms. The van der Waals surface area contributed by atoms with E-state index in [1.165, 1.54) is 36.4 Å². The number of nitro groups is 1.